The summed E-state index contributed by atoms with van der Waals surface area (Å²) in [7, 11) is -3.57. The molecule has 8 nitrogen and oxygen atoms in total. The van der Waals surface area contributed by atoms with Crippen LogP contribution in [0, 0.1) is 5.92 Å². The first-order valence-corrected chi connectivity index (χ1v) is 11.8. The molecule has 0 aliphatic carbocycles. The largest absolute Gasteiger partial charge is 0.481 e. The van der Waals surface area contributed by atoms with E-state index in [9.17, 15) is 13.2 Å². The molecule has 0 unspecified atom stereocenters. The SMILES string of the molecule is O=C(O)C1CN(Cc2ccc(-c3nnc(NS(=O)(=O)Cc4ccccc4)s3)cc2)C1. The highest BCUT2D eigenvalue weighted by Crippen LogP contribution is 2.28. The Morgan fingerprint density at radius 3 is 2.43 bits per heavy atom. The first-order valence-electron chi connectivity index (χ1n) is 9.30. The third-order valence-electron chi connectivity index (χ3n) is 4.78. The first-order chi connectivity index (χ1) is 14.4. The van der Waals surface area contributed by atoms with Crippen molar-refractivity contribution in [2.45, 2.75) is 12.3 Å². The van der Waals surface area contributed by atoms with Gasteiger partial charge in [-0.2, -0.15) is 0 Å². The Balaban J connectivity index is 1.36. The van der Waals surface area contributed by atoms with E-state index in [-0.39, 0.29) is 16.8 Å². The minimum atomic E-state index is -3.57. The van der Waals surface area contributed by atoms with E-state index in [1.807, 2.05) is 30.3 Å². The lowest BCUT2D eigenvalue weighted by molar-refractivity contribution is -0.147. The fraction of sp³-hybridized carbons (Fsp3) is 0.250. The Hall–Kier alpha value is -2.82. The van der Waals surface area contributed by atoms with Crippen molar-refractivity contribution in [3.63, 3.8) is 0 Å². The number of likely N-dealkylation sites (tertiary alicyclic amines) is 1. The molecule has 0 saturated carbocycles. The number of rotatable bonds is 8. The second-order valence-corrected chi connectivity index (χ2v) is 9.89. The van der Waals surface area contributed by atoms with Crippen molar-refractivity contribution in [2.75, 3.05) is 17.8 Å². The highest BCUT2D eigenvalue weighted by atomic mass is 32.2. The van der Waals surface area contributed by atoms with E-state index < -0.39 is 16.0 Å². The van der Waals surface area contributed by atoms with Crippen LogP contribution in [0.25, 0.3) is 10.6 Å². The fourth-order valence-corrected chi connectivity index (χ4v) is 5.37. The van der Waals surface area contributed by atoms with Gasteiger partial charge in [-0.05, 0) is 11.1 Å². The first kappa shape index (κ1) is 20.5. The van der Waals surface area contributed by atoms with Crippen LogP contribution in [0.15, 0.2) is 54.6 Å². The molecule has 1 aliphatic heterocycles. The van der Waals surface area contributed by atoms with Crippen molar-refractivity contribution in [2.24, 2.45) is 5.92 Å². The van der Waals surface area contributed by atoms with Gasteiger partial charge in [0.25, 0.3) is 0 Å². The number of aromatic nitrogens is 2. The Bertz CT molecular complexity index is 1130. The maximum Gasteiger partial charge on any atom is 0.309 e. The van der Waals surface area contributed by atoms with Gasteiger partial charge in [0, 0.05) is 25.2 Å². The minimum Gasteiger partial charge on any atom is -0.481 e. The molecule has 10 heteroatoms. The van der Waals surface area contributed by atoms with Gasteiger partial charge in [-0.3, -0.25) is 14.4 Å². The Morgan fingerprint density at radius 2 is 1.77 bits per heavy atom. The van der Waals surface area contributed by atoms with E-state index in [2.05, 4.69) is 19.8 Å². The van der Waals surface area contributed by atoms with Gasteiger partial charge in [0.15, 0.2) is 0 Å². The number of carboxylic acid groups (broad SMARTS) is 1. The third kappa shape index (κ3) is 5.02. The average molecular weight is 445 g/mol. The standard InChI is InChI=1S/C20H20N4O4S2/c25-19(26)17-11-24(12-17)10-14-6-8-16(9-7-14)18-21-22-20(29-18)23-30(27,28)13-15-4-2-1-3-5-15/h1-9,17H,10-13H2,(H,22,23)(H,25,26). The summed E-state index contributed by atoms with van der Waals surface area (Å²) in [5, 5.41) is 17.8. The van der Waals surface area contributed by atoms with Gasteiger partial charge < -0.3 is 5.11 Å². The Morgan fingerprint density at radius 1 is 1.07 bits per heavy atom. The molecule has 1 saturated heterocycles. The number of carboxylic acids is 1. The maximum atomic E-state index is 12.3. The molecule has 1 aromatic heterocycles. The zero-order valence-electron chi connectivity index (χ0n) is 15.9. The number of nitrogens with one attached hydrogen (secondary N) is 1. The summed E-state index contributed by atoms with van der Waals surface area (Å²) >= 11 is 1.17. The van der Waals surface area contributed by atoms with Gasteiger partial charge in [0.1, 0.15) is 5.01 Å². The molecule has 1 aliphatic rings. The van der Waals surface area contributed by atoms with Crippen molar-refractivity contribution in [1.82, 2.24) is 15.1 Å². The number of hydrogen-bond acceptors (Lipinski definition) is 7. The van der Waals surface area contributed by atoms with E-state index in [0.29, 0.717) is 30.2 Å². The van der Waals surface area contributed by atoms with E-state index in [0.717, 1.165) is 11.1 Å². The normalized spacial score (nSPS) is 14.9. The monoisotopic (exact) mass is 444 g/mol. The maximum absolute atomic E-state index is 12.3. The van der Waals surface area contributed by atoms with E-state index >= 15 is 0 Å². The molecule has 156 valence electrons. The van der Waals surface area contributed by atoms with E-state index in [4.69, 9.17) is 5.11 Å². The lowest BCUT2D eigenvalue weighted by Gasteiger charge is -2.36. The average Bonchev–Trinajstić information content (AvgIpc) is 3.12. The number of hydrogen-bond donors (Lipinski definition) is 2. The molecule has 0 atom stereocenters. The van der Waals surface area contributed by atoms with Crippen LogP contribution in [-0.4, -0.2) is 47.7 Å². The molecule has 2 heterocycles. The van der Waals surface area contributed by atoms with Gasteiger partial charge in [-0.15, -0.1) is 10.2 Å². The summed E-state index contributed by atoms with van der Waals surface area (Å²) in [6, 6.07) is 16.7. The zero-order valence-corrected chi connectivity index (χ0v) is 17.6. The molecule has 2 aromatic carbocycles. The third-order valence-corrected chi connectivity index (χ3v) is 7.02. The molecule has 0 amide bonds. The summed E-state index contributed by atoms with van der Waals surface area (Å²) < 4.78 is 27.2. The lowest BCUT2D eigenvalue weighted by Crippen LogP contribution is -2.49. The molecule has 3 aromatic rings. The topological polar surface area (TPSA) is 112 Å². The zero-order chi connectivity index (χ0) is 21.1. The predicted molar refractivity (Wildman–Crippen MR) is 114 cm³/mol. The number of anilines is 1. The number of benzene rings is 2. The van der Waals surface area contributed by atoms with Crippen LogP contribution >= 0.6 is 11.3 Å². The molecule has 2 N–H and O–H groups in total. The number of sulfonamides is 1. The molecule has 0 bridgehead atoms. The van der Waals surface area contributed by atoms with E-state index in [1.54, 1.807) is 24.3 Å². The molecule has 0 radical (unpaired) electrons. The summed E-state index contributed by atoms with van der Waals surface area (Å²) in [6.07, 6.45) is 0. The van der Waals surface area contributed by atoms with Crippen LogP contribution in [0.5, 0.6) is 0 Å². The molecule has 0 spiro atoms. The van der Waals surface area contributed by atoms with Gasteiger partial charge >= 0.3 is 5.97 Å². The summed E-state index contributed by atoms with van der Waals surface area (Å²) in [4.78, 5) is 13.0. The lowest BCUT2D eigenvalue weighted by atomic mass is 9.99. The second-order valence-electron chi connectivity index (χ2n) is 7.19. The Kier molecular flexibility index (Phi) is 5.80. The van der Waals surface area contributed by atoms with E-state index in [1.165, 1.54) is 11.3 Å². The van der Waals surface area contributed by atoms with Crippen molar-refractivity contribution >= 4 is 32.5 Å². The van der Waals surface area contributed by atoms with Gasteiger partial charge in [-0.25, -0.2) is 8.42 Å². The summed E-state index contributed by atoms with van der Waals surface area (Å²) in [6.45, 7) is 1.84. The van der Waals surface area contributed by atoms with Crippen LogP contribution in [0.3, 0.4) is 0 Å². The van der Waals surface area contributed by atoms with Crippen LogP contribution in [0.1, 0.15) is 11.1 Å². The van der Waals surface area contributed by atoms with Crippen molar-refractivity contribution < 1.29 is 18.3 Å². The Labute approximate surface area is 178 Å². The summed E-state index contributed by atoms with van der Waals surface area (Å²) in [5.41, 5.74) is 2.62. The smallest absolute Gasteiger partial charge is 0.309 e. The second kappa shape index (κ2) is 8.50. The number of aliphatic carboxylic acids is 1. The molecular formula is C20H20N4O4S2. The molecular weight excluding hydrogens is 424 g/mol. The van der Waals surface area contributed by atoms with Crippen LogP contribution in [-0.2, 0) is 27.1 Å². The summed E-state index contributed by atoms with van der Waals surface area (Å²) in [5.74, 6) is -1.14. The van der Waals surface area contributed by atoms with Gasteiger partial charge in [0.05, 0.1) is 11.7 Å². The van der Waals surface area contributed by atoms with Crippen LogP contribution < -0.4 is 4.72 Å². The molecule has 1 fully saturated rings. The van der Waals surface area contributed by atoms with Crippen LogP contribution in [0.2, 0.25) is 0 Å². The number of nitrogens with zero attached hydrogens (tertiary/aromatic N) is 3. The highest BCUT2D eigenvalue weighted by molar-refractivity contribution is 7.92. The van der Waals surface area contributed by atoms with Crippen molar-refractivity contribution in [3.8, 4) is 10.6 Å². The quantitative estimate of drug-likeness (QED) is 0.549. The number of carbonyl (C=O) groups is 1. The molecule has 30 heavy (non-hydrogen) atoms. The van der Waals surface area contributed by atoms with Gasteiger partial charge in [-0.1, -0.05) is 65.9 Å². The predicted octanol–water partition coefficient (Wildman–Crippen LogP) is 2.66. The van der Waals surface area contributed by atoms with Gasteiger partial charge in [0.2, 0.25) is 15.2 Å². The minimum absolute atomic E-state index is 0.128. The van der Waals surface area contributed by atoms with Crippen molar-refractivity contribution in [1.29, 1.82) is 0 Å². The van der Waals surface area contributed by atoms with Crippen LogP contribution in [0.4, 0.5) is 5.13 Å². The molecule has 4 rings (SSSR count). The highest BCUT2D eigenvalue weighted by Gasteiger charge is 2.32. The van der Waals surface area contributed by atoms with Crippen molar-refractivity contribution in [3.05, 3.63) is 65.7 Å². The fourth-order valence-electron chi connectivity index (χ4n) is 3.21.